The number of methoxy groups -OCH3 is 1. The van der Waals surface area contributed by atoms with E-state index < -0.39 is 0 Å². The molecule has 0 aliphatic heterocycles. The van der Waals surface area contributed by atoms with E-state index in [1.807, 2.05) is 7.05 Å². The molecule has 0 spiro atoms. The number of hydrogen-bond acceptors (Lipinski definition) is 2. The Morgan fingerprint density at radius 3 is 2.40 bits per heavy atom. The van der Waals surface area contributed by atoms with Crippen LogP contribution in [0, 0.1) is 11.8 Å². The van der Waals surface area contributed by atoms with Crippen LogP contribution in [-0.4, -0.2) is 39.3 Å². The van der Waals surface area contributed by atoms with Crippen molar-refractivity contribution in [2.24, 2.45) is 16.8 Å². The van der Waals surface area contributed by atoms with Crippen molar-refractivity contribution < 1.29 is 4.74 Å². The van der Waals surface area contributed by atoms with Gasteiger partial charge in [-0.25, -0.2) is 0 Å². The first-order chi connectivity index (χ1) is 9.17. The minimum atomic E-state index is 0. The molecule has 0 radical (unpaired) electrons. The molecular weight excluding hydrogens is 365 g/mol. The van der Waals surface area contributed by atoms with E-state index in [4.69, 9.17) is 4.74 Å². The highest BCUT2D eigenvalue weighted by atomic mass is 127. The van der Waals surface area contributed by atoms with Crippen molar-refractivity contribution in [3.63, 3.8) is 0 Å². The molecule has 0 aromatic carbocycles. The fourth-order valence-electron chi connectivity index (χ4n) is 2.74. The van der Waals surface area contributed by atoms with Crippen LogP contribution in [0.1, 0.15) is 46.0 Å². The van der Waals surface area contributed by atoms with Gasteiger partial charge in [-0.2, -0.15) is 0 Å². The molecule has 1 aliphatic carbocycles. The minimum absolute atomic E-state index is 0. The van der Waals surface area contributed by atoms with Crippen LogP contribution in [0.15, 0.2) is 4.99 Å². The molecule has 20 heavy (non-hydrogen) atoms. The Hall–Kier alpha value is -0.0400. The zero-order valence-corrected chi connectivity index (χ0v) is 15.8. The van der Waals surface area contributed by atoms with Crippen molar-refractivity contribution in [1.82, 2.24) is 10.6 Å². The lowest BCUT2D eigenvalue weighted by Crippen LogP contribution is -2.45. The predicted molar refractivity (Wildman–Crippen MR) is 97.0 cm³/mol. The van der Waals surface area contributed by atoms with Crippen LogP contribution in [0.2, 0.25) is 0 Å². The van der Waals surface area contributed by atoms with E-state index in [-0.39, 0.29) is 24.0 Å². The third-order valence-electron chi connectivity index (χ3n) is 4.10. The van der Waals surface area contributed by atoms with Gasteiger partial charge in [0, 0.05) is 33.4 Å². The number of guanidine groups is 1. The van der Waals surface area contributed by atoms with Crippen LogP contribution < -0.4 is 10.6 Å². The first-order valence-electron chi connectivity index (χ1n) is 7.63. The number of halogens is 1. The van der Waals surface area contributed by atoms with Gasteiger partial charge in [0.2, 0.25) is 0 Å². The standard InChI is InChI=1S/C15H31N3O.HI/c1-12(2)13-6-8-14(9-7-13)18-15(16-3)17-10-5-11-19-4;/h12-14H,5-11H2,1-4H3,(H2,16,17,18);1H. The third kappa shape index (κ3) is 7.67. The van der Waals surface area contributed by atoms with Crippen LogP contribution in [0.4, 0.5) is 0 Å². The quantitative estimate of drug-likeness (QED) is 0.314. The molecule has 0 heterocycles. The van der Waals surface area contributed by atoms with Gasteiger partial charge >= 0.3 is 0 Å². The highest BCUT2D eigenvalue weighted by Gasteiger charge is 2.23. The molecule has 4 nitrogen and oxygen atoms in total. The van der Waals surface area contributed by atoms with Gasteiger partial charge in [0.05, 0.1) is 0 Å². The summed E-state index contributed by atoms with van der Waals surface area (Å²) in [5.74, 6) is 2.67. The summed E-state index contributed by atoms with van der Waals surface area (Å²) in [6, 6.07) is 0.587. The summed E-state index contributed by atoms with van der Waals surface area (Å²) < 4.78 is 5.04. The lowest BCUT2D eigenvalue weighted by atomic mass is 9.80. The first kappa shape index (κ1) is 20.0. The van der Waals surface area contributed by atoms with E-state index in [0.717, 1.165) is 37.4 Å². The number of rotatable bonds is 6. The molecule has 0 aromatic heterocycles. The Morgan fingerprint density at radius 2 is 1.90 bits per heavy atom. The van der Waals surface area contributed by atoms with Gasteiger partial charge in [-0.15, -0.1) is 24.0 Å². The molecule has 5 heteroatoms. The zero-order valence-electron chi connectivity index (χ0n) is 13.4. The van der Waals surface area contributed by atoms with E-state index in [9.17, 15) is 0 Å². The van der Waals surface area contributed by atoms with Crippen LogP contribution in [0.3, 0.4) is 0 Å². The van der Waals surface area contributed by atoms with E-state index in [0.29, 0.717) is 6.04 Å². The van der Waals surface area contributed by atoms with Crippen LogP contribution in [0.25, 0.3) is 0 Å². The molecule has 1 saturated carbocycles. The lowest BCUT2D eigenvalue weighted by molar-refractivity contribution is 0.195. The van der Waals surface area contributed by atoms with Crippen molar-refractivity contribution in [2.45, 2.75) is 52.0 Å². The lowest BCUT2D eigenvalue weighted by Gasteiger charge is -2.32. The molecule has 0 aromatic rings. The fourth-order valence-corrected chi connectivity index (χ4v) is 2.74. The zero-order chi connectivity index (χ0) is 14.1. The van der Waals surface area contributed by atoms with Crippen LogP contribution in [-0.2, 0) is 4.74 Å². The van der Waals surface area contributed by atoms with E-state index >= 15 is 0 Å². The normalized spacial score (nSPS) is 23.4. The fraction of sp³-hybridized carbons (Fsp3) is 0.933. The van der Waals surface area contributed by atoms with Gasteiger partial charge in [0.15, 0.2) is 5.96 Å². The molecule has 120 valence electrons. The predicted octanol–water partition coefficient (Wildman–Crippen LogP) is 3.02. The van der Waals surface area contributed by atoms with Crippen molar-refractivity contribution >= 4 is 29.9 Å². The second-order valence-electron chi connectivity index (χ2n) is 5.85. The summed E-state index contributed by atoms with van der Waals surface area (Å²) >= 11 is 0. The molecule has 0 bridgehead atoms. The first-order valence-corrected chi connectivity index (χ1v) is 7.63. The van der Waals surface area contributed by atoms with Crippen LogP contribution in [0.5, 0.6) is 0 Å². The van der Waals surface area contributed by atoms with E-state index in [1.54, 1.807) is 7.11 Å². The Bertz CT molecular complexity index is 264. The van der Waals surface area contributed by atoms with Crippen LogP contribution >= 0.6 is 24.0 Å². The number of ether oxygens (including phenoxy) is 1. The Kier molecular flexibility index (Phi) is 11.6. The average molecular weight is 397 g/mol. The monoisotopic (exact) mass is 397 g/mol. The maximum Gasteiger partial charge on any atom is 0.191 e. The van der Waals surface area contributed by atoms with Gasteiger partial charge < -0.3 is 15.4 Å². The number of nitrogens with zero attached hydrogens (tertiary/aromatic N) is 1. The average Bonchev–Trinajstić information content (AvgIpc) is 2.42. The highest BCUT2D eigenvalue weighted by Crippen LogP contribution is 2.29. The second-order valence-corrected chi connectivity index (χ2v) is 5.85. The highest BCUT2D eigenvalue weighted by molar-refractivity contribution is 14.0. The summed E-state index contributed by atoms with van der Waals surface area (Å²) in [5.41, 5.74) is 0. The van der Waals surface area contributed by atoms with Gasteiger partial charge in [-0.3, -0.25) is 4.99 Å². The topological polar surface area (TPSA) is 45.7 Å². The maximum atomic E-state index is 5.04. The van der Waals surface area contributed by atoms with Crippen molar-refractivity contribution in [3.05, 3.63) is 0 Å². The summed E-state index contributed by atoms with van der Waals surface area (Å²) in [6.45, 7) is 6.39. The Balaban J connectivity index is 0.00000361. The summed E-state index contributed by atoms with van der Waals surface area (Å²) in [5, 5.41) is 6.88. The molecule has 1 fully saturated rings. The van der Waals surface area contributed by atoms with Crippen molar-refractivity contribution in [1.29, 1.82) is 0 Å². The van der Waals surface area contributed by atoms with Crippen molar-refractivity contribution in [3.8, 4) is 0 Å². The largest absolute Gasteiger partial charge is 0.385 e. The summed E-state index contributed by atoms with van der Waals surface area (Å²) in [4.78, 5) is 4.29. The number of aliphatic imine (C=N–C) groups is 1. The van der Waals surface area contributed by atoms with E-state index in [2.05, 4.69) is 29.5 Å². The second kappa shape index (κ2) is 11.6. The SMILES string of the molecule is CN=C(NCCCOC)NC1CCC(C(C)C)CC1.I. The molecular formula is C15H32IN3O. The van der Waals surface area contributed by atoms with Gasteiger partial charge in [-0.1, -0.05) is 13.8 Å². The van der Waals surface area contributed by atoms with Gasteiger partial charge in [0.1, 0.15) is 0 Å². The van der Waals surface area contributed by atoms with E-state index in [1.165, 1.54) is 25.7 Å². The molecule has 1 aliphatic rings. The Morgan fingerprint density at radius 1 is 1.25 bits per heavy atom. The number of nitrogens with one attached hydrogen (secondary N) is 2. The minimum Gasteiger partial charge on any atom is -0.385 e. The van der Waals surface area contributed by atoms with Gasteiger partial charge in [-0.05, 0) is 43.9 Å². The molecule has 0 saturated heterocycles. The van der Waals surface area contributed by atoms with Gasteiger partial charge in [0.25, 0.3) is 0 Å². The summed E-state index contributed by atoms with van der Waals surface area (Å²) in [6.07, 6.45) is 6.23. The summed E-state index contributed by atoms with van der Waals surface area (Å²) in [7, 11) is 3.58. The maximum absolute atomic E-state index is 5.04. The smallest absolute Gasteiger partial charge is 0.191 e. The number of hydrogen-bond donors (Lipinski definition) is 2. The molecule has 0 unspecified atom stereocenters. The van der Waals surface area contributed by atoms with Crippen molar-refractivity contribution in [2.75, 3.05) is 27.3 Å². The molecule has 0 amide bonds. The molecule has 0 atom stereocenters. The molecule has 1 rings (SSSR count). The third-order valence-corrected chi connectivity index (χ3v) is 4.10. The Labute approximate surface area is 141 Å². The molecule has 2 N–H and O–H groups in total.